The lowest BCUT2D eigenvalue weighted by molar-refractivity contribution is -0.117. The number of rotatable bonds is 5. The molecule has 1 atom stereocenters. The van der Waals surface area contributed by atoms with Crippen molar-refractivity contribution < 1.29 is 14.3 Å². The number of hydrogen-bond donors (Lipinski definition) is 3. The zero-order valence-electron chi connectivity index (χ0n) is 14.8. The molecule has 25 heavy (non-hydrogen) atoms. The Morgan fingerprint density at radius 3 is 3.00 bits per heavy atom. The highest BCUT2D eigenvalue weighted by Gasteiger charge is 2.30. The number of phenols is 1. The molecule has 3 N–H and O–H groups in total. The van der Waals surface area contributed by atoms with Gasteiger partial charge in [-0.1, -0.05) is 13.8 Å². The fraction of sp³-hybridized carbons (Fsp3) is 0.611. The van der Waals surface area contributed by atoms with Gasteiger partial charge in [0.2, 0.25) is 0 Å². The van der Waals surface area contributed by atoms with Crippen LogP contribution in [-0.4, -0.2) is 30.1 Å². The van der Waals surface area contributed by atoms with E-state index >= 15 is 4.39 Å². The minimum absolute atomic E-state index is 0.0456. The lowest BCUT2D eigenvalue weighted by Gasteiger charge is -2.21. The summed E-state index contributed by atoms with van der Waals surface area (Å²) in [5.41, 5.74) is 1.67. The largest absolute Gasteiger partial charge is 0.506 e. The third-order valence-electron chi connectivity index (χ3n) is 4.82. The molecule has 1 fully saturated rings. The van der Waals surface area contributed by atoms with Gasteiger partial charge in [-0.25, -0.2) is 4.39 Å². The lowest BCUT2D eigenvalue weighted by atomic mass is 9.99. The molecular weight excluding hydrogens is 341 g/mol. The van der Waals surface area contributed by atoms with Crippen LogP contribution in [0, 0.1) is 11.7 Å². The molecule has 5 nitrogen and oxygen atoms in total. The van der Waals surface area contributed by atoms with E-state index in [0.29, 0.717) is 17.9 Å². The fourth-order valence-electron chi connectivity index (χ4n) is 3.46. The van der Waals surface area contributed by atoms with Gasteiger partial charge >= 0.3 is 0 Å². The summed E-state index contributed by atoms with van der Waals surface area (Å²) in [5, 5.41) is 13.9. The number of phenolic OH excluding ortho intramolecular Hbond substituents is 1. The number of nitrogens with one attached hydrogen (secondary N) is 2. The van der Waals surface area contributed by atoms with Crippen LogP contribution < -0.4 is 14.3 Å². The van der Waals surface area contributed by atoms with Crippen molar-refractivity contribution in [3.8, 4) is 5.75 Å². The van der Waals surface area contributed by atoms with E-state index in [1.807, 2.05) is 0 Å². The van der Waals surface area contributed by atoms with Crippen LogP contribution in [0.1, 0.15) is 44.2 Å². The molecule has 138 valence electrons. The first-order valence-corrected chi connectivity index (χ1v) is 9.73. The second kappa shape index (κ2) is 7.83. The van der Waals surface area contributed by atoms with Crippen LogP contribution in [0.5, 0.6) is 5.75 Å². The van der Waals surface area contributed by atoms with Gasteiger partial charge in [0, 0.05) is 6.04 Å². The molecule has 1 heterocycles. The summed E-state index contributed by atoms with van der Waals surface area (Å²) in [5.74, 6) is -0.0296. The molecule has 1 amide bonds. The van der Waals surface area contributed by atoms with Crippen LogP contribution in [0.4, 0.5) is 10.1 Å². The van der Waals surface area contributed by atoms with E-state index in [1.54, 1.807) is 6.07 Å². The number of carbonyl (C=O) groups is 1. The van der Waals surface area contributed by atoms with Crippen molar-refractivity contribution in [1.82, 2.24) is 10.0 Å². The molecule has 0 saturated carbocycles. The number of benzene rings is 1. The van der Waals surface area contributed by atoms with Crippen LogP contribution in [0.25, 0.3) is 0 Å². The van der Waals surface area contributed by atoms with Crippen molar-refractivity contribution in [3.05, 3.63) is 23.0 Å². The number of hydrogen-bond acceptors (Lipinski definition) is 5. The number of carbonyl (C=O) groups excluding carboxylic acids is 1. The second-order valence-electron chi connectivity index (χ2n) is 7.28. The highest BCUT2D eigenvalue weighted by Crippen LogP contribution is 2.40. The van der Waals surface area contributed by atoms with Gasteiger partial charge in [-0.2, -0.15) is 0 Å². The van der Waals surface area contributed by atoms with Gasteiger partial charge in [0.05, 0.1) is 12.1 Å². The Hall–Kier alpha value is -1.47. The topological polar surface area (TPSA) is 64.6 Å². The Morgan fingerprint density at radius 2 is 2.32 bits per heavy atom. The summed E-state index contributed by atoms with van der Waals surface area (Å²) in [6.45, 7) is 5.37. The number of nitrogens with zero attached hydrogens (tertiary/aromatic N) is 1. The molecule has 0 spiro atoms. The number of amides is 1. The van der Waals surface area contributed by atoms with E-state index < -0.39 is 5.82 Å². The maximum absolute atomic E-state index is 15.2. The predicted molar refractivity (Wildman–Crippen MR) is 99.0 cm³/mol. The standard InChI is InChI=1S/C18H26FN3O2S/c1-11(2)6-7-20-13-5-3-4-12-8-15(23)18(17(19)14(12)9-13)22-10-16(24)21-25-22/h8,11,13,20,23H,3-7,9-10H2,1-2H3,(H,21,24)/t13-/m1/s1. The zero-order valence-corrected chi connectivity index (χ0v) is 15.6. The maximum atomic E-state index is 15.2. The molecular formula is C18H26FN3O2S. The molecule has 0 unspecified atom stereocenters. The zero-order chi connectivity index (χ0) is 18.0. The Labute approximate surface area is 152 Å². The number of anilines is 1. The molecule has 0 bridgehead atoms. The fourth-order valence-corrected chi connectivity index (χ4v) is 4.18. The third kappa shape index (κ3) is 4.20. The Morgan fingerprint density at radius 1 is 1.52 bits per heavy atom. The molecule has 1 aromatic carbocycles. The van der Waals surface area contributed by atoms with Crippen molar-refractivity contribution in [2.24, 2.45) is 5.92 Å². The molecule has 2 aliphatic rings. The summed E-state index contributed by atoms with van der Waals surface area (Å²) in [6.07, 6.45) is 4.47. The summed E-state index contributed by atoms with van der Waals surface area (Å²) < 4.78 is 19.3. The summed E-state index contributed by atoms with van der Waals surface area (Å²) in [7, 11) is 0. The Balaban J connectivity index is 1.82. The van der Waals surface area contributed by atoms with Crippen LogP contribution in [0.3, 0.4) is 0 Å². The van der Waals surface area contributed by atoms with Gasteiger partial charge in [0.25, 0.3) is 5.91 Å². The average Bonchev–Trinajstić information content (AvgIpc) is 2.85. The highest BCUT2D eigenvalue weighted by molar-refractivity contribution is 7.99. The highest BCUT2D eigenvalue weighted by atomic mass is 32.2. The molecule has 1 aliphatic heterocycles. The molecule has 7 heteroatoms. The lowest BCUT2D eigenvalue weighted by Crippen LogP contribution is -2.32. The van der Waals surface area contributed by atoms with E-state index in [2.05, 4.69) is 23.9 Å². The first-order valence-electron chi connectivity index (χ1n) is 8.95. The van der Waals surface area contributed by atoms with Crippen molar-refractivity contribution in [1.29, 1.82) is 0 Å². The Kier molecular flexibility index (Phi) is 5.74. The van der Waals surface area contributed by atoms with Crippen LogP contribution >= 0.6 is 12.1 Å². The number of aromatic hydroxyl groups is 1. The summed E-state index contributed by atoms with van der Waals surface area (Å²) in [6, 6.07) is 1.92. The third-order valence-corrected chi connectivity index (χ3v) is 5.68. The van der Waals surface area contributed by atoms with E-state index in [1.165, 1.54) is 4.31 Å². The van der Waals surface area contributed by atoms with Gasteiger partial charge < -0.3 is 10.4 Å². The summed E-state index contributed by atoms with van der Waals surface area (Å²) >= 11 is 1.02. The van der Waals surface area contributed by atoms with E-state index in [0.717, 1.165) is 49.9 Å². The maximum Gasteiger partial charge on any atom is 0.251 e. The predicted octanol–water partition coefficient (Wildman–Crippen LogP) is 2.91. The van der Waals surface area contributed by atoms with Crippen LogP contribution in [-0.2, 0) is 17.6 Å². The normalized spacial score (nSPS) is 20.6. The number of halogens is 1. The molecule has 0 radical (unpaired) electrons. The molecule has 0 aromatic heterocycles. The molecule has 3 rings (SSSR count). The Bertz CT molecular complexity index is 654. The van der Waals surface area contributed by atoms with Crippen LogP contribution in [0.2, 0.25) is 0 Å². The number of fused-ring (bicyclic) bond motifs is 1. The van der Waals surface area contributed by atoms with Crippen LogP contribution in [0.15, 0.2) is 6.07 Å². The first kappa shape index (κ1) is 18.3. The van der Waals surface area contributed by atoms with Gasteiger partial charge in [-0.3, -0.25) is 13.8 Å². The van der Waals surface area contributed by atoms with Gasteiger partial charge in [-0.15, -0.1) is 0 Å². The van der Waals surface area contributed by atoms with E-state index in [9.17, 15) is 9.90 Å². The molecule has 1 aliphatic carbocycles. The smallest absolute Gasteiger partial charge is 0.251 e. The quantitative estimate of drug-likeness (QED) is 0.552. The number of aryl methyl sites for hydroxylation is 1. The van der Waals surface area contributed by atoms with Crippen molar-refractivity contribution >= 4 is 23.7 Å². The van der Waals surface area contributed by atoms with E-state index in [-0.39, 0.29) is 29.9 Å². The molecule has 1 aromatic rings. The SMILES string of the molecule is CC(C)CCN[C@@H]1CCCc2cc(O)c(N3CC(=O)NS3)c(F)c2C1. The molecule has 1 saturated heterocycles. The van der Waals surface area contributed by atoms with Crippen molar-refractivity contribution in [2.75, 3.05) is 17.4 Å². The van der Waals surface area contributed by atoms with Crippen molar-refractivity contribution in [3.63, 3.8) is 0 Å². The monoisotopic (exact) mass is 367 g/mol. The average molecular weight is 367 g/mol. The minimum Gasteiger partial charge on any atom is -0.506 e. The summed E-state index contributed by atoms with van der Waals surface area (Å²) in [4.78, 5) is 11.4. The van der Waals surface area contributed by atoms with Gasteiger partial charge in [0.15, 0.2) is 5.82 Å². The van der Waals surface area contributed by atoms with E-state index in [4.69, 9.17) is 0 Å². The second-order valence-corrected chi connectivity index (χ2v) is 8.11. The first-order chi connectivity index (χ1) is 12.0. The van der Waals surface area contributed by atoms with Gasteiger partial charge in [-0.05, 0) is 61.8 Å². The minimum atomic E-state index is -0.392. The van der Waals surface area contributed by atoms with Gasteiger partial charge in [0.1, 0.15) is 18.0 Å². The van der Waals surface area contributed by atoms with Crippen molar-refractivity contribution in [2.45, 2.75) is 52.0 Å².